The molecule has 1 aromatic carbocycles. The number of hydrogen-bond donors (Lipinski definition) is 0. The molecule has 0 unspecified atom stereocenters. The van der Waals surface area contributed by atoms with E-state index in [0.717, 1.165) is 24.2 Å². The van der Waals surface area contributed by atoms with Crippen LogP contribution in [-0.4, -0.2) is 23.2 Å². The second kappa shape index (κ2) is 5.41. The summed E-state index contributed by atoms with van der Waals surface area (Å²) in [6.45, 7) is 2.00. The lowest BCUT2D eigenvalue weighted by Crippen LogP contribution is -1.78. The van der Waals surface area contributed by atoms with Crippen LogP contribution in [0.25, 0.3) is 11.0 Å². The van der Waals surface area contributed by atoms with E-state index in [1.165, 1.54) is 12.8 Å². The lowest BCUT2D eigenvalue weighted by Gasteiger charge is -1.90. The van der Waals surface area contributed by atoms with Gasteiger partial charge in [-0.1, -0.05) is 12.1 Å². The molecule has 0 aliphatic carbocycles. The van der Waals surface area contributed by atoms with Crippen molar-refractivity contribution >= 4 is 11.0 Å². The van der Waals surface area contributed by atoms with Crippen molar-refractivity contribution in [2.24, 2.45) is 0 Å². The van der Waals surface area contributed by atoms with Crippen LogP contribution in [0, 0.1) is 0 Å². The third kappa shape index (κ3) is 2.99. The van der Waals surface area contributed by atoms with E-state index in [1.54, 1.807) is 12.4 Å². The monoisotopic (exact) mass is 202 g/mol. The number of aromatic nitrogens is 2. The second-order valence-electron chi connectivity index (χ2n) is 3.36. The number of rotatable bonds is 0. The fourth-order valence-corrected chi connectivity index (χ4v) is 1.42. The summed E-state index contributed by atoms with van der Waals surface area (Å²) in [6, 6.07) is 7.80. The average Bonchev–Trinajstić information content (AvgIpc) is 2.88. The molecule has 1 fully saturated rings. The number of benzene rings is 1. The molecule has 1 aliphatic heterocycles. The van der Waals surface area contributed by atoms with Crippen LogP contribution < -0.4 is 0 Å². The maximum Gasteiger partial charge on any atom is 0.0886 e. The van der Waals surface area contributed by atoms with E-state index in [1.807, 2.05) is 24.3 Å². The molecule has 0 spiro atoms. The predicted molar refractivity (Wildman–Crippen MR) is 59.6 cm³/mol. The molecule has 3 nitrogen and oxygen atoms in total. The molecule has 1 aromatic heterocycles. The van der Waals surface area contributed by atoms with Gasteiger partial charge >= 0.3 is 0 Å². The van der Waals surface area contributed by atoms with Crippen LogP contribution >= 0.6 is 0 Å². The molecule has 0 radical (unpaired) electrons. The van der Waals surface area contributed by atoms with Crippen molar-refractivity contribution < 1.29 is 4.74 Å². The third-order valence-electron chi connectivity index (χ3n) is 2.20. The third-order valence-corrected chi connectivity index (χ3v) is 2.20. The predicted octanol–water partition coefficient (Wildman–Crippen LogP) is 2.43. The van der Waals surface area contributed by atoms with Gasteiger partial charge in [-0.05, 0) is 25.0 Å². The van der Waals surface area contributed by atoms with Crippen LogP contribution in [-0.2, 0) is 4.74 Å². The Kier molecular flexibility index (Phi) is 3.63. The first-order valence-electron chi connectivity index (χ1n) is 5.20. The molecule has 3 rings (SSSR count). The molecule has 1 aliphatic rings. The molecule has 2 aromatic rings. The summed E-state index contributed by atoms with van der Waals surface area (Å²) in [5.41, 5.74) is 1.90. The topological polar surface area (TPSA) is 35.0 Å². The summed E-state index contributed by atoms with van der Waals surface area (Å²) in [6.07, 6.45) is 5.95. The molecule has 3 heteroatoms. The molecule has 2 heterocycles. The Balaban J connectivity index is 0.000000144. The zero-order chi connectivity index (χ0) is 10.3. The first kappa shape index (κ1) is 10.1. The van der Waals surface area contributed by atoms with Gasteiger partial charge in [-0.3, -0.25) is 9.97 Å². The van der Waals surface area contributed by atoms with E-state index >= 15 is 0 Å². The first-order chi connectivity index (χ1) is 7.47. The smallest absolute Gasteiger partial charge is 0.0886 e. The second-order valence-corrected chi connectivity index (χ2v) is 3.36. The van der Waals surface area contributed by atoms with Gasteiger partial charge in [0.1, 0.15) is 0 Å². The number of fused-ring (bicyclic) bond motifs is 1. The molecule has 15 heavy (non-hydrogen) atoms. The van der Waals surface area contributed by atoms with E-state index in [4.69, 9.17) is 4.74 Å². The fourth-order valence-electron chi connectivity index (χ4n) is 1.42. The molecule has 0 amide bonds. The van der Waals surface area contributed by atoms with Gasteiger partial charge in [0.05, 0.1) is 11.0 Å². The minimum atomic E-state index is 0.949. The number of nitrogens with zero attached hydrogens (tertiary/aromatic N) is 2. The summed E-state index contributed by atoms with van der Waals surface area (Å²) < 4.78 is 4.94. The number of ether oxygens (including phenoxy) is 1. The highest BCUT2D eigenvalue weighted by molar-refractivity contribution is 5.72. The Hall–Kier alpha value is -1.48. The molecule has 78 valence electrons. The molecule has 0 bridgehead atoms. The first-order valence-corrected chi connectivity index (χ1v) is 5.20. The Morgan fingerprint density at radius 2 is 1.40 bits per heavy atom. The van der Waals surface area contributed by atoms with Crippen molar-refractivity contribution in [3.8, 4) is 0 Å². The highest BCUT2D eigenvalue weighted by Crippen LogP contribution is 2.04. The summed E-state index contributed by atoms with van der Waals surface area (Å²) in [4.78, 5) is 8.24. The quantitative estimate of drug-likeness (QED) is 0.658. The SMILES string of the molecule is C1CCOC1.c1ccc2nccnc2c1. The molecule has 0 N–H and O–H groups in total. The van der Waals surface area contributed by atoms with E-state index in [2.05, 4.69) is 9.97 Å². The van der Waals surface area contributed by atoms with Crippen LogP contribution in [0.2, 0.25) is 0 Å². The molecule has 0 atom stereocenters. The van der Waals surface area contributed by atoms with Crippen LogP contribution in [0.3, 0.4) is 0 Å². The molecule has 0 saturated carbocycles. The van der Waals surface area contributed by atoms with Crippen molar-refractivity contribution in [1.29, 1.82) is 0 Å². The average molecular weight is 202 g/mol. The van der Waals surface area contributed by atoms with E-state index in [0.29, 0.717) is 0 Å². The van der Waals surface area contributed by atoms with Crippen molar-refractivity contribution in [1.82, 2.24) is 9.97 Å². The fraction of sp³-hybridized carbons (Fsp3) is 0.333. The van der Waals surface area contributed by atoms with E-state index in [-0.39, 0.29) is 0 Å². The summed E-state index contributed by atoms with van der Waals surface area (Å²) >= 11 is 0. The van der Waals surface area contributed by atoms with Gasteiger partial charge in [0.2, 0.25) is 0 Å². The van der Waals surface area contributed by atoms with Crippen LogP contribution in [0.1, 0.15) is 12.8 Å². The van der Waals surface area contributed by atoms with E-state index < -0.39 is 0 Å². The highest BCUT2D eigenvalue weighted by Gasteiger charge is 1.94. The van der Waals surface area contributed by atoms with Crippen molar-refractivity contribution in [3.63, 3.8) is 0 Å². The zero-order valence-corrected chi connectivity index (χ0v) is 8.60. The van der Waals surface area contributed by atoms with Gasteiger partial charge in [-0.2, -0.15) is 0 Å². The summed E-state index contributed by atoms with van der Waals surface area (Å²) in [7, 11) is 0. The normalized spacial score (nSPS) is 14.7. The Morgan fingerprint density at radius 3 is 1.80 bits per heavy atom. The van der Waals surface area contributed by atoms with Crippen LogP contribution in [0.4, 0.5) is 0 Å². The van der Waals surface area contributed by atoms with Crippen LogP contribution in [0.15, 0.2) is 36.7 Å². The van der Waals surface area contributed by atoms with Gasteiger partial charge < -0.3 is 4.74 Å². The van der Waals surface area contributed by atoms with Crippen molar-refractivity contribution in [2.75, 3.05) is 13.2 Å². The minimum Gasteiger partial charge on any atom is -0.381 e. The minimum absolute atomic E-state index is 0.949. The summed E-state index contributed by atoms with van der Waals surface area (Å²) in [5.74, 6) is 0. The maximum absolute atomic E-state index is 4.94. The van der Waals surface area contributed by atoms with Gasteiger partial charge in [-0.25, -0.2) is 0 Å². The van der Waals surface area contributed by atoms with E-state index in [9.17, 15) is 0 Å². The highest BCUT2D eigenvalue weighted by atomic mass is 16.5. The Morgan fingerprint density at radius 1 is 0.867 bits per heavy atom. The Labute approximate surface area is 89.1 Å². The zero-order valence-electron chi connectivity index (χ0n) is 8.60. The molecule has 1 saturated heterocycles. The van der Waals surface area contributed by atoms with Gasteiger partial charge in [-0.15, -0.1) is 0 Å². The van der Waals surface area contributed by atoms with Gasteiger partial charge in [0.25, 0.3) is 0 Å². The maximum atomic E-state index is 4.94. The number of hydrogen-bond acceptors (Lipinski definition) is 3. The summed E-state index contributed by atoms with van der Waals surface area (Å²) in [5, 5.41) is 0. The van der Waals surface area contributed by atoms with Crippen molar-refractivity contribution in [2.45, 2.75) is 12.8 Å². The lowest BCUT2D eigenvalue weighted by molar-refractivity contribution is 0.198. The van der Waals surface area contributed by atoms with Crippen molar-refractivity contribution in [3.05, 3.63) is 36.7 Å². The van der Waals surface area contributed by atoms with Crippen LogP contribution in [0.5, 0.6) is 0 Å². The van der Waals surface area contributed by atoms with Gasteiger partial charge in [0, 0.05) is 25.6 Å². The largest absolute Gasteiger partial charge is 0.381 e. The molecular formula is C12H14N2O. The Bertz CT molecular complexity index is 340. The lowest BCUT2D eigenvalue weighted by atomic mass is 10.3. The van der Waals surface area contributed by atoms with Gasteiger partial charge in [0.15, 0.2) is 0 Å². The standard InChI is InChI=1S/C8H6N2.C4H8O/c1-2-4-8-7(3-1)9-5-6-10-8;1-2-4-5-3-1/h1-6H;1-4H2. The molecular weight excluding hydrogens is 188 g/mol. The number of para-hydroxylation sites is 2.